The maximum absolute atomic E-state index is 10.2. The van der Waals surface area contributed by atoms with Gasteiger partial charge in [-0.2, -0.15) is 0 Å². The van der Waals surface area contributed by atoms with Crippen LogP contribution in [0.3, 0.4) is 0 Å². The second-order valence-corrected chi connectivity index (χ2v) is 5.25. The van der Waals surface area contributed by atoms with E-state index in [1.807, 2.05) is 13.0 Å². The zero-order chi connectivity index (χ0) is 11.9. The van der Waals surface area contributed by atoms with Gasteiger partial charge in [-0.3, -0.25) is 0 Å². The molecule has 1 saturated carbocycles. The van der Waals surface area contributed by atoms with Crippen molar-refractivity contribution in [2.75, 3.05) is 13.7 Å². The smallest absolute Gasteiger partial charge is 0.139 e. The number of phenols is 1. The fraction of sp³-hybridized carbons (Fsp3) is 0.500. The topological polar surface area (TPSA) is 55.5 Å². The summed E-state index contributed by atoms with van der Waals surface area (Å²) < 4.78 is 6.12. The Hall–Kier alpha value is -0.740. The molecule has 3 nitrogen and oxygen atoms in total. The van der Waals surface area contributed by atoms with Crippen molar-refractivity contribution in [2.45, 2.75) is 25.2 Å². The molecule has 0 heterocycles. The molecule has 1 aliphatic carbocycles. The Bertz CT molecular complexity index is 428. The summed E-state index contributed by atoms with van der Waals surface area (Å²) in [6.45, 7) is 2.44. The Kier molecular flexibility index (Phi) is 2.88. The molecule has 0 aromatic heterocycles. The van der Waals surface area contributed by atoms with E-state index >= 15 is 0 Å². The Morgan fingerprint density at radius 1 is 1.56 bits per heavy atom. The molecule has 0 unspecified atom stereocenters. The number of ether oxygens (including phenoxy) is 1. The zero-order valence-corrected chi connectivity index (χ0v) is 11.1. The van der Waals surface area contributed by atoms with Crippen molar-refractivity contribution in [3.8, 4) is 11.5 Å². The lowest BCUT2D eigenvalue weighted by Crippen LogP contribution is -2.20. The molecule has 0 aliphatic heterocycles. The highest BCUT2D eigenvalue weighted by atomic mass is 79.9. The number of methoxy groups -OCH3 is 1. The average Bonchev–Trinajstić information content (AvgIpc) is 3.05. The Morgan fingerprint density at radius 3 is 2.62 bits per heavy atom. The van der Waals surface area contributed by atoms with E-state index < -0.39 is 0 Å². The van der Waals surface area contributed by atoms with Gasteiger partial charge >= 0.3 is 0 Å². The highest BCUT2D eigenvalue weighted by Gasteiger charge is 2.45. The number of halogens is 1. The second-order valence-electron chi connectivity index (χ2n) is 4.40. The van der Waals surface area contributed by atoms with Gasteiger partial charge in [-0.1, -0.05) is 0 Å². The lowest BCUT2D eigenvalue weighted by Gasteiger charge is -2.19. The van der Waals surface area contributed by atoms with Gasteiger partial charge in [0.05, 0.1) is 11.6 Å². The number of hydrogen-bond acceptors (Lipinski definition) is 3. The average molecular weight is 286 g/mol. The molecule has 1 aromatic carbocycles. The molecule has 0 bridgehead atoms. The van der Waals surface area contributed by atoms with Crippen LogP contribution in [-0.2, 0) is 5.41 Å². The fourth-order valence-corrected chi connectivity index (χ4v) is 2.83. The number of phenolic OH excluding ortho intramolecular Hbond substituents is 1. The van der Waals surface area contributed by atoms with Crippen molar-refractivity contribution in [2.24, 2.45) is 5.73 Å². The molecule has 0 spiro atoms. The number of aromatic hydroxyl groups is 1. The highest BCUT2D eigenvalue weighted by molar-refractivity contribution is 9.10. The van der Waals surface area contributed by atoms with Gasteiger partial charge in [-0.15, -0.1) is 0 Å². The lowest BCUT2D eigenvalue weighted by atomic mass is 9.93. The highest BCUT2D eigenvalue weighted by Crippen LogP contribution is 2.53. The van der Waals surface area contributed by atoms with Gasteiger partial charge < -0.3 is 15.6 Å². The predicted octanol–water partition coefficient (Wildman–Crippen LogP) is 2.46. The van der Waals surface area contributed by atoms with Crippen LogP contribution < -0.4 is 10.5 Å². The third kappa shape index (κ3) is 1.60. The molecule has 16 heavy (non-hydrogen) atoms. The minimum atomic E-state index is -0.0103. The number of benzene rings is 1. The molecule has 1 aromatic rings. The Morgan fingerprint density at radius 2 is 2.19 bits per heavy atom. The minimum absolute atomic E-state index is 0.0103. The summed E-state index contributed by atoms with van der Waals surface area (Å²) in [5.41, 5.74) is 7.49. The van der Waals surface area contributed by atoms with Crippen LogP contribution >= 0.6 is 15.9 Å². The molecule has 3 N–H and O–H groups in total. The summed E-state index contributed by atoms with van der Waals surface area (Å²) in [4.78, 5) is 0. The van der Waals surface area contributed by atoms with Crippen LogP contribution in [0.2, 0.25) is 0 Å². The van der Waals surface area contributed by atoms with Crippen LogP contribution in [0.4, 0.5) is 0 Å². The monoisotopic (exact) mass is 285 g/mol. The summed E-state index contributed by atoms with van der Waals surface area (Å²) in [7, 11) is 1.60. The quantitative estimate of drug-likeness (QED) is 0.897. The van der Waals surface area contributed by atoms with Crippen molar-refractivity contribution < 1.29 is 9.84 Å². The largest absolute Gasteiger partial charge is 0.507 e. The molecule has 4 heteroatoms. The molecule has 0 saturated heterocycles. The van der Waals surface area contributed by atoms with Crippen molar-refractivity contribution >= 4 is 15.9 Å². The molecular weight excluding hydrogens is 270 g/mol. The van der Waals surface area contributed by atoms with E-state index in [4.69, 9.17) is 10.5 Å². The Labute approximate surface area is 104 Å². The first-order valence-corrected chi connectivity index (χ1v) is 6.11. The molecule has 88 valence electrons. The van der Waals surface area contributed by atoms with E-state index in [0.717, 1.165) is 28.4 Å². The summed E-state index contributed by atoms with van der Waals surface area (Å²) in [6.07, 6.45) is 2.10. The van der Waals surface area contributed by atoms with E-state index in [-0.39, 0.29) is 5.41 Å². The van der Waals surface area contributed by atoms with E-state index in [0.29, 0.717) is 18.0 Å². The van der Waals surface area contributed by atoms with Crippen molar-refractivity contribution in [3.05, 3.63) is 21.7 Å². The van der Waals surface area contributed by atoms with Gasteiger partial charge in [0.15, 0.2) is 0 Å². The van der Waals surface area contributed by atoms with Gasteiger partial charge in [0.1, 0.15) is 11.5 Å². The molecule has 0 radical (unpaired) electrons. The third-order valence-corrected chi connectivity index (χ3v) is 4.05. The van der Waals surface area contributed by atoms with Gasteiger partial charge in [0, 0.05) is 23.1 Å². The summed E-state index contributed by atoms with van der Waals surface area (Å²) in [5.74, 6) is 1.01. The van der Waals surface area contributed by atoms with Crippen molar-refractivity contribution in [3.63, 3.8) is 0 Å². The molecule has 0 atom stereocenters. The Balaban J connectivity index is 2.57. The van der Waals surface area contributed by atoms with Gasteiger partial charge in [-0.25, -0.2) is 0 Å². The van der Waals surface area contributed by atoms with E-state index in [1.54, 1.807) is 7.11 Å². The molecule has 2 rings (SSSR count). The second kappa shape index (κ2) is 3.93. The van der Waals surface area contributed by atoms with Crippen LogP contribution in [0.25, 0.3) is 0 Å². The van der Waals surface area contributed by atoms with E-state index in [2.05, 4.69) is 15.9 Å². The van der Waals surface area contributed by atoms with E-state index in [9.17, 15) is 5.11 Å². The van der Waals surface area contributed by atoms with Crippen molar-refractivity contribution in [1.82, 2.24) is 0 Å². The lowest BCUT2D eigenvalue weighted by molar-refractivity contribution is 0.397. The number of hydrogen-bond donors (Lipinski definition) is 2. The SMILES string of the molecule is COc1c(Br)cc(C2(CN)CC2)c(O)c1C. The predicted molar refractivity (Wildman–Crippen MR) is 67.1 cm³/mol. The summed E-state index contributed by atoms with van der Waals surface area (Å²) >= 11 is 3.46. The number of rotatable bonds is 3. The molecule has 0 amide bonds. The van der Waals surface area contributed by atoms with E-state index in [1.165, 1.54) is 0 Å². The van der Waals surface area contributed by atoms with Gasteiger partial charge in [0.2, 0.25) is 0 Å². The first-order chi connectivity index (χ1) is 7.55. The standard InChI is InChI=1S/C12H16BrNO2/c1-7-10(15)8(12(6-14)3-4-12)5-9(13)11(7)16-2/h5,15H,3-4,6,14H2,1-2H3. The van der Waals surface area contributed by atoms with Crippen LogP contribution in [0, 0.1) is 6.92 Å². The van der Waals surface area contributed by atoms with Crippen molar-refractivity contribution in [1.29, 1.82) is 0 Å². The first-order valence-electron chi connectivity index (χ1n) is 5.32. The first kappa shape index (κ1) is 11.7. The van der Waals surface area contributed by atoms with Gasteiger partial charge in [-0.05, 0) is 41.8 Å². The minimum Gasteiger partial charge on any atom is -0.507 e. The normalized spacial score (nSPS) is 17.2. The van der Waals surface area contributed by atoms with Crippen LogP contribution in [0.1, 0.15) is 24.0 Å². The van der Waals surface area contributed by atoms with Crippen LogP contribution in [0.15, 0.2) is 10.5 Å². The zero-order valence-electron chi connectivity index (χ0n) is 9.51. The maximum Gasteiger partial charge on any atom is 0.139 e. The molecule has 1 aliphatic rings. The third-order valence-electron chi connectivity index (χ3n) is 3.46. The molecular formula is C12H16BrNO2. The summed E-state index contributed by atoms with van der Waals surface area (Å²) in [5, 5.41) is 10.2. The van der Waals surface area contributed by atoms with Crippen LogP contribution in [-0.4, -0.2) is 18.8 Å². The summed E-state index contributed by atoms with van der Waals surface area (Å²) in [6, 6.07) is 1.93. The van der Waals surface area contributed by atoms with Crippen LogP contribution in [0.5, 0.6) is 11.5 Å². The fourth-order valence-electron chi connectivity index (χ4n) is 2.14. The van der Waals surface area contributed by atoms with Gasteiger partial charge in [0.25, 0.3) is 0 Å². The maximum atomic E-state index is 10.2. The number of nitrogens with two attached hydrogens (primary N) is 1. The molecule has 1 fully saturated rings.